The van der Waals surface area contributed by atoms with Crippen molar-refractivity contribution >= 4 is 16.9 Å². The highest BCUT2D eigenvalue weighted by Crippen LogP contribution is 2.37. The minimum absolute atomic E-state index is 0.105. The topological polar surface area (TPSA) is 77.8 Å². The number of rotatable bonds is 3. The summed E-state index contributed by atoms with van der Waals surface area (Å²) in [5, 5.41) is 2.34. The van der Waals surface area contributed by atoms with Crippen molar-refractivity contribution < 1.29 is 18.0 Å². The second kappa shape index (κ2) is 6.12. The monoisotopic (exact) mass is 349 g/mol. The number of aromatic nitrogens is 2. The molecule has 1 aromatic heterocycles. The number of carbonyl (C=O) groups excluding carboxylic acids is 1. The number of benzene rings is 2. The molecule has 0 aliphatic carbocycles. The maximum absolute atomic E-state index is 13.4. The minimum Gasteiger partial charge on any atom is -0.359 e. The van der Waals surface area contributed by atoms with Crippen LogP contribution in [0.2, 0.25) is 0 Å². The zero-order chi connectivity index (χ0) is 18.2. The Kier molecular flexibility index (Phi) is 4.12. The van der Waals surface area contributed by atoms with E-state index < -0.39 is 29.8 Å². The van der Waals surface area contributed by atoms with Gasteiger partial charge in [-0.3, -0.25) is 4.79 Å². The molecule has 1 amide bonds. The van der Waals surface area contributed by atoms with Crippen LogP contribution in [-0.4, -0.2) is 22.9 Å². The lowest BCUT2D eigenvalue weighted by Gasteiger charge is -2.17. The molecule has 1 heterocycles. The van der Waals surface area contributed by atoms with Crippen molar-refractivity contribution in [1.29, 1.82) is 0 Å². The van der Waals surface area contributed by atoms with E-state index >= 15 is 0 Å². The second-order valence-electron chi connectivity index (χ2n) is 5.52. The third kappa shape index (κ3) is 3.28. The fraction of sp³-hybridized carbons (Fsp3) is 0.176. The third-order valence-electron chi connectivity index (χ3n) is 3.92. The van der Waals surface area contributed by atoms with Gasteiger partial charge >= 0.3 is 11.9 Å². The van der Waals surface area contributed by atoms with Gasteiger partial charge < -0.3 is 15.3 Å². The number of alkyl halides is 3. The first-order valence-corrected chi connectivity index (χ1v) is 7.41. The molecule has 8 heteroatoms. The zero-order valence-corrected chi connectivity index (χ0v) is 13.1. The number of amides is 1. The van der Waals surface area contributed by atoms with Crippen molar-refractivity contribution in [3.05, 3.63) is 58.0 Å². The van der Waals surface area contributed by atoms with Crippen LogP contribution in [0, 0.1) is 0 Å². The molecule has 0 saturated heterocycles. The number of carbonyl (C=O) groups is 1. The third-order valence-corrected chi connectivity index (χ3v) is 3.92. The number of halogens is 3. The lowest BCUT2D eigenvalue weighted by molar-refractivity contribution is -0.138. The maximum Gasteiger partial charge on any atom is 0.416 e. The second-order valence-corrected chi connectivity index (χ2v) is 5.52. The van der Waals surface area contributed by atoms with Gasteiger partial charge in [0.2, 0.25) is 5.91 Å². The Morgan fingerprint density at radius 3 is 2.52 bits per heavy atom. The van der Waals surface area contributed by atoms with E-state index in [0.29, 0.717) is 22.2 Å². The Labute approximate surface area is 139 Å². The Morgan fingerprint density at radius 2 is 1.84 bits per heavy atom. The van der Waals surface area contributed by atoms with Gasteiger partial charge in [-0.15, -0.1) is 0 Å². The first kappa shape index (κ1) is 16.8. The number of fused-ring (bicyclic) bond motifs is 1. The first-order valence-electron chi connectivity index (χ1n) is 7.41. The number of H-pyrrole nitrogens is 2. The predicted molar refractivity (Wildman–Crippen MR) is 87.1 cm³/mol. The molecule has 3 N–H and O–H groups in total. The number of nitrogens with one attached hydrogen (secondary N) is 3. The van der Waals surface area contributed by atoms with Gasteiger partial charge in [-0.25, -0.2) is 4.79 Å². The van der Waals surface area contributed by atoms with E-state index in [0.717, 1.165) is 6.07 Å². The standard InChI is InChI=1S/C17H14F3N3O2/c1-21-15(24)8-11-10(3-2-4-12(11)17(18,19)20)9-5-6-13-14(7-9)23-16(25)22-13/h2-7H,8H2,1H3,(H,21,24)(H2,22,23,25). The highest BCUT2D eigenvalue weighted by molar-refractivity contribution is 5.86. The zero-order valence-electron chi connectivity index (χ0n) is 13.1. The van der Waals surface area contributed by atoms with Crippen LogP contribution in [-0.2, 0) is 17.4 Å². The molecule has 0 saturated carbocycles. The summed E-state index contributed by atoms with van der Waals surface area (Å²) in [5.74, 6) is -0.519. The molecule has 0 aliphatic rings. The molecular formula is C17H14F3N3O2. The van der Waals surface area contributed by atoms with E-state index in [2.05, 4.69) is 15.3 Å². The summed E-state index contributed by atoms with van der Waals surface area (Å²) in [5.41, 5.74) is 0.444. The molecule has 0 fully saturated rings. The van der Waals surface area contributed by atoms with Gasteiger partial charge in [0, 0.05) is 7.05 Å². The summed E-state index contributed by atoms with van der Waals surface area (Å²) in [7, 11) is 1.37. The first-order chi connectivity index (χ1) is 11.8. The van der Waals surface area contributed by atoms with Crippen molar-refractivity contribution in [1.82, 2.24) is 15.3 Å². The van der Waals surface area contributed by atoms with E-state index in [1.165, 1.54) is 19.2 Å². The van der Waals surface area contributed by atoms with Crippen LogP contribution < -0.4 is 11.0 Å². The number of imidazole rings is 1. The number of aromatic amines is 2. The van der Waals surface area contributed by atoms with E-state index in [4.69, 9.17) is 0 Å². The number of likely N-dealkylation sites (N-methyl/N-ethyl adjacent to an activating group) is 1. The molecule has 25 heavy (non-hydrogen) atoms. The van der Waals surface area contributed by atoms with Crippen LogP contribution >= 0.6 is 0 Å². The summed E-state index contributed by atoms with van der Waals surface area (Å²) in [4.78, 5) is 28.2. The Morgan fingerprint density at radius 1 is 1.12 bits per heavy atom. The summed E-state index contributed by atoms with van der Waals surface area (Å²) >= 11 is 0. The SMILES string of the molecule is CNC(=O)Cc1c(-c2ccc3[nH]c(=O)[nH]c3c2)cccc1C(F)(F)F. The van der Waals surface area contributed by atoms with E-state index in [9.17, 15) is 22.8 Å². The fourth-order valence-corrected chi connectivity index (χ4v) is 2.76. The van der Waals surface area contributed by atoms with E-state index in [-0.39, 0.29) is 5.56 Å². The van der Waals surface area contributed by atoms with Gasteiger partial charge in [-0.2, -0.15) is 13.2 Å². The van der Waals surface area contributed by atoms with Crippen molar-refractivity contribution in [2.45, 2.75) is 12.6 Å². The predicted octanol–water partition coefficient (Wildman–Crippen LogP) is 2.83. The fourth-order valence-electron chi connectivity index (χ4n) is 2.76. The van der Waals surface area contributed by atoms with Crippen LogP contribution in [0.5, 0.6) is 0 Å². The highest BCUT2D eigenvalue weighted by atomic mass is 19.4. The molecule has 0 radical (unpaired) electrons. The van der Waals surface area contributed by atoms with Gasteiger partial charge in [0.05, 0.1) is 23.0 Å². The lowest BCUT2D eigenvalue weighted by Crippen LogP contribution is -2.22. The van der Waals surface area contributed by atoms with Crippen molar-refractivity contribution in [2.24, 2.45) is 0 Å². The largest absolute Gasteiger partial charge is 0.416 e. The Bertz CT molecular complexity index is 1000. The van der Waals surface area contributed by atoms with Crippen LogP contribution in [0.3, 0.4) is 0 Å². The quantitative estimate of drug-likeness (QED) is 0.680. The molecule has 3 aromatic rings. The normalized spacial score (nSPS) is 11.7. The van der Waals surface area contributed by atoms with Gasteiger partial charge in [0.1, 0.15) is 0 Å². The van der Waals surface area contributed by atoms with Gasteiger partial charge in [0.25, 0.3) is 0 Å². The van der Waals surface area contributed by atoms with Crippen LogP contribution in [0.4, 0.5) is 13.2 Å². The number of hydrogen-bond acceptors (Lipinski definition) is 2. The Balaban J connectivity index is 2.22. The molecule has 0 unspecified atom stereocenters. The lowest BCUT2D eigenvalue weighted by atomic mass is 9.92. The Hall–Kier alpha value is -3.03. The van der Waals surface area contributed by atoms with Gasteiger partial charge in [0.15, 0.2) is 0 Å². The van der Waals surface area contributed by atoms with Crippen LogP contribution in [0.1, 0.15) is 11.1 Å². The van der Waals surface area contributed by atoms with Gasteiger partial charge in [-0.05, 0) is 34.9 Å². The molecule has 0 bridgehead atoms. The molecule has 0 aliphatic heterocycles. The van der Waals surface area contributed by atoms with Crippen molar-refractivity contribution in [3.63, 3.8) is 0 Å². The smallest absolute Gasteiger partial charge is 0.359 e. The summed E-state index contributed by atoms with van der Waals surface area (Å²) in [6, 6.07) is 8.57. The molecule has 5 nitrogen and oxygen atoms in total. The molecule has 2 aromatic carbocycles. The minimum atomic E-state index is -4.58. The molecule has 0 atom stereocenters. The van der Waals surface area contributed by atoms with Gasteiger partial charge in [-0.1, -0.05) is 18.2 Å². The average molecular weight is 349 g/mol. The summed E-state index contributed by atoms with van der Waals surface area (Å²) in [6.45, 7) is 0. The molecular weight excluding hydrogens is 335 g/mol. The molecule has 130 valence electrons. The summed E-state index contributed by atoms with van der Waals surface area (Å²) < 4.78 is 40.1. The average Bonchev–Trinajstić information content (AvgIpc) is 2.92. The number of hydrogen-bond donors (Lipinski definition) is 3. The van der Waals surface area contributed by atoms with E-state index in [1.807, 2.05) is 0 Å². The van der Waals surface area contributed by atoms with Crippen LogP contribution in [0.15, 0.2) is 41.2 Å². The van der Waals surface area contributed by atoms with Crippen molar-refractivity contribution in [2.75, 3.05) is 7.05 Å². The van der Waals surface area contributed by atoms with Crippen molar-refractivity contribution in [3.8, 4) is 11.1 Å². The highest BCUT2D eigenvalue weighted by Gasteiger charge is 2.34. The molecule has 0 spiro atoms. The summed E-state index contributed by atoms with van der Waals surface area (Å²) in [6.07, 6.45) is -4.98. The molecule has 3 rings (SSSR count). The van der Waals surface area contributed by atoms with Crippen LogP contribution in [0.25, 0.3) is 22.2 Å². The van der Waals surface area contributed by atoms with E-state index in [1.54, 1.807) is 18.2 Å². The maximum atomic E-state index is 13.4.